The Morgan fingerprint density at radius 1 is 0.833 bits per heavy atom. The van der Waals surface area contributed by atoms with Crippen LogP contribution < -0.4 is 14.4 Å². The smallest absolute Gasteiger partial charge is 0.361 e. The van der Waals surface area contributed by atoms with E-state index in [4.69, 9.17) is 14.2 Å². The maximum atomic E-state index is 15.5. The van der Waals surface area contributed by atoms with E-state index in [-0.39, 0.29) is 5.69 Å². The molecule has 2 heterocycles. The summed E-state index contributed by atoms with van der Waals surface area (Å²) in [5.74, 6) is -2.73. The van der Waals surface area contributed by atoms with E-state index in [1.807, 2.05) is 53.4 Å². The van der Waals surface area contributed by atoms with Crippen LogP contribution >= 0.6 is 0 Å². The number of carbonyl (C=O) groups excluding carboxylic acids is 1. The van der Waals surface area contributed by atoms with E-state index < -0.39 is 53.8 Å². The maximum absolute atomic E-state index is 15.5. The molecule has 2 aromatic carbocycles. The normalized spacial score (nSPS) is 12.2. The Kier molecular flexibility index (Phi) is 10.9. The molecular weight excluding hydrogens is 627 g/mol. The number of ether oxygens (including phenoxy) is 3. The van der Waals surface area contributed by atoms with Gasteiger partial charge in [0, 0.05) is 19.5 Å². The molecule has 48 heavy (non-hydrogen) atoms. The summed E-state index contributed by atoms with van der Waals surface area (Å²) in [5.41, 5.74) is -2.42. The fourth-order valence-corrected chi connectivity index (χ4v) is 4.84. The number of hydrogen-bond donors (Lipinski definition) is 2. The number of aromatic nitrogens is 5. The zero-order valence-electron chi connectivity index (χ0n) is 27.2. The molecule has 2 N–H and O–H groups in total. The summed E-state index contributed by atoms with van der Waals surface area (Å²) >= 11 is 0. The van der Waals surface area contributed by atoms with Crippen LogP contribution in [0.4, 0.5) is 10.2 Å². The van der Waals surface area contributed by atoms with Crippen LogP contribution in [0.1, 0.15) is 54.5 Å². The van der Waals surface area contributed by atoms with Gasteiger partial charge in [0.1, 0.15) is 23.3 Å². The summed E-state index contributed by atoms with van der Waals surface area (Å²) in [7, 11) is 3.14. The third-order valence-electron chi connectivity index (χ3n) is 7.27. The lowest BCUT2D eigenvalue weighted by molar-refractivity contribution is -0.159. The van der Waals surface area contributed by atoms with Crippen LogP contribution in [0.25, 0.3) is 0 Å². The Morgan fingerprint density at radius 2 is 1.38 bits per heavy atom. The van der Waals surface area contributed by atoms with Gasteiger partial charge in [-0.25, -0.2) is 13.9 Å². The van der Waals surface area contributed by atoms with Crippen LogP contribution in [0.2, 0.25) is 0 Å². The first-order chi connectivity index (χ1) is 22.7. The second-order valence-corrected chi connectivity index (χ2v) is 12.0. The minimum absolute atomic E-state index is 0.185. The van der Waals surface area contributed by atoms with Crippen LogP contribution in [0, 0.1) is 0 Å². The van der Waals surface area contributed by atoms with Gasteiger partial charge < -0.3 is 29.3 Å². The van der Waals surface area contributed by atoms with Crippen molar-refractivity contribution < 1.29 is 43.2 Å². The highest BCUT2D eigenvalue weighted by Crippen LogP contribution is 2.32. The molecule has 4 aromatic rings. The highest BCUT2D eigenvalue weighted by atomic mass is 19.1. The molecule has 15 heteroatoms. The first-order valence-corrected chi connectivity index (χ1v) is 14.8. The lowest BCUT2D eigenvalue weighted by atomic mass is 9.79. The zero-order valence-corrected chi connectivity index (χ0v) is 27.2. The molecule has 0 spiro atoms. The number of halogens is 1. The van der Waals surface area contributed by atoms with Gasteiger partial charge >= 0.3 is 17.9 Å². The highest BCUT2D eigenvalue weighted by molar-refractivity contribution is 6.04. The lowest BCUT2D eigenvalue weighted by Crippen LogP contribution is -2.47. The molecule has 0 amide bonds. The van der Waals surface area contributed by atoms with Crippen molar-refractivity contribution in [1.29, 1.82) is 0 Å². The topological polar surface area (TPSA) is 179 Å². The molecule has 0 aliphatic carbocycles. The molecule has 0 aliphatic heterocycles. The van der Waals surface area contributed by atoms with E-state index in [2.05, 4.69) is 20.5 Å². The molecular formula is C33H37FN6O8. The average molecular weight is 665 g/mol. The van der Waals surface area contributed by atoms with Crippen LogP contribution in [0.5, 0.6) is 11.5 Å². The number of benzene rings is 2. The van der Waals surface area contributed by atoms with Crippen molar-refractivity contribution in [3.05, 3.63) is 89.4 Å². The SMILES string of the molecule is COc1ccc(CN(Cc2ccc(OC)cc2)c2ccc(C(CC(F)Cn3cc(C(=O)OC(C)(C)C)nn3)(C(=O)O)C(=O)O)nn2)cc1. The van der Waals surface area contributed by atoms with Gasteiger partial charge in [-0.1, -0.05) is 29.5 Å². The number of rotatable bonds is 15. The van der Waals surface area contributed by atoms with Gasteiger partial charge in [0.15, 0.2) is 11.5 Å². The van der Waals surface area contributed by atoms with Crippen LogP contribution in [0.15, 0.2) is 66.9 Å². The van der Waals surface area contributed by atoms with Crippen molar-refractivity contribution in [2.45, 2.75) is 64.0 Å². The summed E-state index contributed by atoms with van der Waals surface area (Å²) in [6, 6.07) is 17.5. The largest absolute Gasteiger partial charge is 0.497 e. The van der Waals surface area contributed by atoms with Crippen LogP contribution in [-0.4, -0.2) is 79.3 Å². The molecule has 0 saturated heterocycles. The fraction of sp³-hybridized carbons (Fsp3) is 0.364. The number of alkyl halides is 1. The number of carboxylic acids is 2. The number of methoxy groups -OCH3 is 2. The lowest BCUT2D eigenvalue weighted by Gasteiger charge is -2.27. The van der Waals surface area contributed by atoms with Gasteiger partial charge in [-0.05, 0) is 68.3 Å². The highest BCUT2D eigenvalue weighted by Gasteiger charge is 2.52. The van der Waals surface area contributed by atoms with Crippen molar-refractivity contribution in [1.82, 2.24) is 25.2 Å². The Balaban J connectivity index is 1.59. The van der Waals surface area contributed by atoms with Gasteiger partial charge in [-0.2, -0.15) is 5.10 Å². The van der Waals surface area contributed by atoms with Gasteiger partial charge in [-0.15, -0.1) is 10.2 Å². The number of aliphatic carboxylic acids is 2. The third kappa shape index (κ3) is 8.60. The first-order valence-electron chi connectivity index (χ1n) is 14.8. The van der Waals surface area contributed by atoms with Gasteiger partial charge in [-0.3, -0.25) is 9.59 Å². The molecule has 0 fully saturated rings. The van der Waals surface area contributed by atoms with E-state index in [1.165, 1.54) is 12.1 Å². The Morgan fingerprint density at radius 3 is 1.81 bits per heavy atom. The number of nitrogens with zero attached hydrogens (tertiary/aromatic N) is 6. The summed E-state index contributed by atoms with van der Waals surface area (Å²) in [6.45, 7) is 5.14. The Hall–Kier alpha value is -5.60. The van der Waals surface area contributed by atoms with E-state index >= 15 is 4.39 Å². The standard InChI is InChI=1S/C33H37FN6O8/c1-32(2,3)48-29(41)26-20-40(38-35-26)19-23(34)16-33(30(42)43,31(44)45)27-14-15-28(37-36-27)39(17-21-6-10-24(46-4)11-7-21)18-22-8-12-25(47-5)13-9-22/h6-15,20,23H,16-19H2,1-5H3,(H,42,43)(H,44,45). The number of carbonyl (C=O) groups is 3. The predicted octanol–water partition coefficient (Wildman–Crippen LogP) is 4.08. The first kappa shape index (κ1) is 35.3. The quantitative estimate of drug-likeness (QED) is 0.137. The second-order valence-electron chi connectivity index (χ2n) is 12.0. The molecule has 254 valence electrons. The van der Waals surface area contributed by atoms with Gasteiger partial charge in [0.05, 0.1) is 32.7 Å². The summed E-state index contributed by atoms with van der Waals surface area (Å²) < 4.78 is 32.2. The average Bonchev–Trinajstić information content (AvgIpc) is 3.51. The summed E-state index contributed by atoms with van der Waals surface area (Å²) in [4.78, 5) is 39.2. The molecule has 0 saturated carbocycles. The van der Waals surface area contributed by atoms with E-state index in [1.54, 1.807) is 35.0 Å². The van der Waals surface area contributed by atoms with Crippen molar-refractivity contribution in [2.75, 3.05) is 19.1 Å². The maximum Gasteiger partial charge on any atom is 0.361 e. The Bertz CT molecular complexity index is 1640. The van der Waals surface area contributed by atoms with E-state index in [9.17, 15) is 24.6 Å². The molecule has 4 rings (SSSR count). The Labute approximate surface area is 276 Å². The van der Waals surface area contributed by atoms with Gasteiger partial charge in [0.2, 0.25) is 5.41 Å². The third-order valence-corrected chi connectivity index (χ3v) is 7.27. The van der Waals surface area contributed by atoms with E-state index in [0.717, 1.165) is 22.0 Å². The molecule has 2 aromatic heterocycles. The predicted molar refractivity (Wildman–Crippen MR) is 170 cm³/mol. The van der Waals surface area contributed by atoms with Crippen molar-refractivity contribution in [3.8, 4) is 11.5 Å². The minimum atomic E-state index is -2.78. The molecule has 0 radical (unpaired) electrons. The number of carboxylic acid groups (broad SMARTS) is 2. The van der Waals surface area contributed by atoms with Gasteiger partial charge in [0.25, 0.3) is 0 Å². The molecule has 0 bridgehead atoms. The number of esters is 1. The monoisotopic (exact) mass is 664 g/mol. The van der Waals surface area contributed by atoms with Crippen LogP contribution in [0.3, 0.4) is 0 Å². The van der Waals surface area contributed by atoms with Crippen LogP contribution in [-0.2, 0) is 39.4 Å². The van der Waals surface area contributed by atoms with Crippen molar-refractivity contribution >= 4 is 23.7 Å². The molecule has 1 atom stereocenters. The minimum Gasteiger partial charge on any atom is -0.497 e. The fourth-order valence-electron chi connectivity index (χ4n) is 4.84. The second kappa shape index (κ2) is 14.9. The zero-order chi connectivity index (χ0) is 35.1. The molecule has 0 aliphatic rings. The van der Waals surface area contributed by atoms with Crippen molar-refractivity contribution in [2.24, 2.45) is 0 Å². The number of hydrogen-bond acceptors (Lipinski definition) is 11. The number of anilines is 1. The molecule has 14 nitrogen and oxygen atoms in total. The van der Waals surface area contributed by atoms with E-state index in [0.29, 0.717) is 30.4 Å². The summed E-state index contributed by atoms with van der Waals surface area (Å²) in [5, 5.41) is 35.9. The van der Waals surface area contributed by atoms with Crippen molar-refractivity contribution in [3.63, 3.8) is 0 Å². The summed E-state index contributed by atoms with van der Waals surface area (Å²) in [6.07, 6.45) is -1.92. The molecule has 1 unspecified atom stereocenters.